The average molecular weight is 569 g/mol. The van der Waals surface area contributed by atoms with E-state index in [-0.39, 0.29) is 0 Å². The fourth-order valence-corrected chi connectivity index (χ4v) is 7.22. The summed E-state index contributed by atoms with van der Waals surface area (Å²) in [6, 6.07) is 60.8. The summed E-state index contributed by atoms with van der Waals surface area (Å²) in [5.41, 5.74) is 6.88. The Hall–Kier alpha value is -5.38. The van der Waals surface area contributed by atoms with Crippen molar-refractivity contribution in [1.82, 2.24) is 0 Å². The number of fused-ring (bicyclic) bond motifs is 4. The van der Waals surface area contributed by atoms with Gasteiger partial charge in [-0.05, 0) is 83.6 Å². The first-order valence-corrected chi connectivity index (χ1v) is 15.3. The summed E-state index contributed by atoms with van der Waals surface area (Å²) in [6.07, 6.45) is 0. The zero-order valence-corrected chi connectivity index (χ0v) is 24.3. The smallest absolute Gasteiger partial charge is 0.0640 e. The van der Waals surface area contributed by atoms with E-state index in [0.29, 0.717) is 0 Å². The van der Waals surface area contributed by atoms with Crippen molar-refractivity contribution in [2.45, 2.75) is 0 Å². The second-order valence-corrected chi connectivity index (χ2v) is 11.7. The van der Waals surface area contributed by atoms with E-state index >= 15 is 0 Å². The van der Waals surface area contributed by atoms with E-state index in [1.165, 1.54) is 36.6 Å². The maximum atomic E-state index is 2.39. The highest BCUT2D eigenvalue weighted by molar-refractivity contribution is 7.26. The van der Waals surface area contributed by atoms with Crippen LogP contribution in [-0.4, -0.2) is 0 Å². The van der Waals surface area contributed by atoms with Gasteiger partial charge in [0, 0.05) is 43.9 Å². The van der Waals surface area contributed by atoms with Crippen molar-refractivity contribution in [1.29, 1.82) is 0 Å². The Morgan fingerprint density at radius 2 is 0.837 bits per heavy atom. The molecule has 0 aliphatic carbocycles. The molecule has 0 unspecified atom stereocenters. The van der Waals surface area contributed by atoms with Crippen molar-refractivity contribution in [2.75, 3.05) is 9.80 Å². The van der Waals surface area contributed by atoms with E-state index in [4.69, 9.17) is 0 Å². The van der Waals surface area contributed by atoms with E-state index in [2.05, 4.69) is 180 Å². The quantitative estimate of drug-likeness (QED) is 0.197. The van der Waals surface area contributed by atoms with Crippen LogP contribution in [0.2, 0.25) is 0 Å². The molecule has 3 heteroatoms. The zero-order valence-electron chi connectivity index (χ0n) is 23.5. The molecule has 0 atom stereocenters. The molecule has 0 spiro atoms. The maximum absolute atomic E-state index is 2.39. The fourth-order valence-electron chi connectivity index (χ4n) is 6.01. The van der Waals surface area contributed by atoms with Crippen LogP contribution in [0.4, 0.5) is 34.1 Å². The Morgan fingerprint density at radius 1 is 0.349 bits per heavy atom. The lowest BCUT2D eigenvalue weighted by Crippen LogP contribution is -2.10. The SMILES string of the molecule is c1ccc(N(c2ccccc2)c2ccc3cc(N(c4ccccc4)c4cccc5c4sc4ccccc45)ccc3c2)cc1. The van der Waals surface area contributed by atoms with Gasteiger partial charge < -0.3 is 9.80 Å². The highest BCUT2D eigenvalue weighted by Crippen LogP contribution is 2.45. The summed E-state index contributed by atoms with van der Waals surface area (Å²) >= 11 is 1.86. The predicted octanol–water partition coefficient (Wildman–Crippen LogP) is 12.1. The van der Waals surface area contributed by atoms with E-state index in [1.54, 1.807) is 0 Å². The fraction of sp³-hybridized carbons (Fsp3) is 0. The van der Waals surface area contributed by atoms with Gasteiger partial charge in [0.15, 0.2) is 0 Å². The third-order valence-corrected chi connectivity index (χ3v) is 9.20. The van der Waals surface area contributed by atoms with Crippen molar-refractivity contribution < 1.29 is 0 Å². The number of para-hydroxylation sites is 3. The minimum Gasteiger partial charge on any atom is -0.310 e. The van der Waals surface area contributed by atoms with Gasteiger partial charge in [0.05, 0.1) is 10.4 Å². The molecule has 204 valence electrons. The predicted molar refractivity (Wildman–Crippen MR) is 186 cm³/mol. The monoisotopic (exact) mass is 568 g/mol. The van der Waals surface area contributed by atoms with Gasteiger partial charge in [0.25, 0.3) is 0 Å². The second-order valence-electron chi connectivity index (χ2n) is 10.6. The van der Waals surface area contributed by atoms with Crippen LogP contribution in [0.1, 0.15) is 0 Å². The molecule has 0 saturated carbocycles. The van der Waals surface area contributed by atoms with Crippen LogP contribution in [0.25, 0.3) is 30.9 Å². The Kier molecular flexibility index (Phi) is 6.36. The molecule has 8 aromatic rings. The lowest BCUT2D eigenvalue weighted by molar-refractivity contribution is 1.29. The van der Waals surface area contributed by atoms with Crippen LogP contribution in [0, 0.1) is 0 Å². The van der Waals surface area contributed by atoms with Crippen LogP contribution in [0.3, 0.4) is 0 Å². The van der Waals surface area contributed by atoms with E-state index < -0.39 is 0 Å². The van der Waals surface area contributed by atoms with Crippen molar-refractivity contribution in [3.05, 3.63) is 170 Å². The summed E-state index contributed by atoms with van der Waals surface area (Å²) in [5, 5.41) is 5.01. The normalized spacial score (nSPS) is 11.3. The lowest BCUT2D eigenvalue weighted by atomic mass is 10.1. The standard InChI is InChI=1S/C40H28N2S/c1-4-13-31(14-5-1)41(32-15-6-2-7-16-32)34-25-23-30-28-35(26-24-29(30)27-34)42(33-17-8-3-9-18-33)38-21-12-20-37-36-19-10-11-22-39(36)43-40(37)38/h1-28H. The molecule has 0 fully saturated rings. The molecule has 7 aromatic carbocycles. The van der Waals surface area contributed by atoms with Crippen LogP contribution >= 0.6 is 11.3 Å². The molecule has 1 aromatic heterocycles. The van der Waals surface area contributed by atoms with Crippen molar-refractivity contribution in [3.63, 3.8) is 0 Å². The van der Waals surface area contributed by atoms with E-state index in [1.807, 2.05) is 11.3 Å². The second kappa shape index (κ2) is 10.8. The number of hydrogen-bond acceptors (Lipinski definition) is 3. The Bertz CT molecular complexity index is 2150. The third-order valence-electron chi connectivity index (χ3n) is 7.99. The molecule has 0 bridgehead atoms. The average Bonchev–Trinajstić information content (AvgIpc) is 3.46. The summed E-state index contributed by atoms with van der Waals surface area (Å²) in [7, 11) is 0. The molecule has 8 rings (SSSR count). The van der Waals surface area contributed by atoms with Gasteiger partial charge in [-0.15, -0.1) is 11.3 Å². The van der Waals surface area contributed by atoms with Gasteiger partial charge in [-0.2, -0.15) is 0 Å². The molecule has 0 aliphatic rings. The Morgan fingerprint density at radius 3 is 1.44 bits per heavy atom. The van der Waals surface area contributed by atoms with Crippen LogP contribution in [0.15, 0.2) is 170 Å². The first kappa shape index (κ1) is 25.3. The minimum atomic E-state index is 1.13. The molecular formula is C40H28N2S. The molecule has 0 saturated heterocycles. The molecular weight excluding hydrogens is 541 g/mol. The number of anilines is 6. The van der Waals surface area contributed by atoms with Gasteiger partial charge >= 0.3 is 0 Å². The molecule has 0 N–H and O–H groups in total. The zero-order chi connectivity index (χ0) is 28.6. The molecule has 0 aliphatic heterocycles. The Balaban J connectivity index is 1.27. The van der Waals surface area contributed by atoms with Gasteiger partial charge in [0.2, 0.25) is 0 Å². The summed E-state index contributed by atoms with van der Waals surface area (Å²) in [5.74, 6) is 0. The lowest BCUT2D eigenvalue weighted by Gasteiger charge is -2.27. The van der Waals surface area contributed by atoms with Crippen molar-refractivity contribution >= 4 is 76.4 Å². The molecule has 0 amide bonds. The van der Waals surface area contributed by atoms with Gasteiger partial charge in [-0.3, -0.25) is 0 Å². The summed E-state index contributed by atoms with van der Waals surface area (Å²) < 4.78 is 2.61. The summed E-state index contributed by atoms with van der Waals surface area (Å²) in [6.45, 7) is 0. The van der Waals surface area contributed by atoms with Crippen molar-refractivity contribution in [3.8, 4) is 0 Å². The summed E-state index contributed by atoms with van der Waals surface area (Å²) in [4.78, 5) is 4.71. The van der Waals surface area contributed by atoms with Crippen LogP contribution < -0.4 is 9.80 Å². The minimum absolute atomic E-state index is 1.13. The van der Waals surface area contributed by atoms with Gasteiger partial charge in [-0.25, -0.2) is 0 Å². The van der Waals surface area contributed by atoms with Crippen molar-refractivity contribution in [2.24, 2.45) is 0 Å². The molecule has 1 heterocycles. The number of benzene rings is 7. The largest absolute Gasteiger partial charge is 0.310 e. The topological polar surface area (TPSA) is 6.48 Å². The van der Waals surface area contributed by atoms with Crippen LogP contribution in [-0.2, 0) is 0 Å². The first-order valence-electron chi connectivity index (χ1n) is 14.5. The maximum Gasteiger partial charge on any atom is 0.0640 e. The van der Waals surface area contributed by atoms with Crippen LogP contribution in [0.5, 0.6) is 0 Å². The molecule has 2 nitrogen and oxygen atoms in total. The van der Waals surface area contributed by atoms with E-state index in [0.717, 1.165) is 28.4 Å². The highest BCUT2D eigenvalue weighted by Gasteiger charge is 2.19. The number of nitrogens with zero attached hydrogens (tertiary/aromatic N) is 2. The molecule has 43 heavy (non-hydrogen) atoms. The highest BCUT2D eigenvalue weighted by atomic mass is 32.1. The number of thiophene rings is 1. The Labute approximate surface area is 255 Å². The number of rotatable bonds is 6. The van der Waals surface area contributed by atoms with E-state index in [9.17, 15) is 0 Å². The van der Waals surface area contributed by atoms with Gasteiger partial charge in [-0.1, -0.05) is 97.1 Å². The molecule has 0 radical (unpaired) electrons. The number of hydrogen-bond donors (Lipinski definition) is 0. The third kappa shape index (κ3) is 4.61. The van der Waals surface area contributed by atoms with Gasteiger partial charge in [0.1, 0.15) is 0 Å². The first-order chi connectivity index (χ1) is 21.3.